The summed E-state index contributed by atoms with van der Waals surface area (Å²) >= 11 is 9.45. The minimum absolute atomic E-state index is 0.0483. The summed E-state index contributed by atoms with van der Waals surface area (Å²) in [4.78, 5) is 12.2. The number of carbonyl (C=O) groups excluding carboxylic acids is 1. The first-order chi connectivity index (χ1) is 9.61. The van der Waals surface area contributed by atoms with E-state index in [9.17, 15) is 4.79 Å². The molecule has 0 aliphatic carbocycles. The molecule has 2 aromatic rings. The smallest absolute Gasteiger partial charge is 0.164 e. The molecule has 0 unspecified atom stereocenters. The third-order valence-corrected chi connectivity index (χ3v) is 4.35. The summed E-state index contributed by atoms with van der Waals surface area (Å²) in [5.41, 5.74) is 1.67. The summed E-state index contributed by atoms with van der Waals surface area (Å²) in [6.07, 6.45) is 1.12. The summed E-state index contributed by atoms with van der Waals surface area (Å²) in [5, 5.41) is 0.479. The lowest BCUT2D eigenvalue weighted by molar-refractivity contribution is 0.0983. The van der Waals surface area contributed by atoms with Crippen LogP contribution in [-0.2, 0) is 6.42 Å². The van der Waals surface area contributed by atoms with E-state index in [-0.39, 0.29) is 5.78 Å². The van der Waals surface area contributed by atoms with Crippen LogP contribution in [0.3, 0.4) is 0 Å². The van der Waals surface area contributed by atoms with Crippen LogP contribution >= 0.6 is 27.5 Å². The monoisotopic (exact) mass is 352 g/mol. The molecule has 0 atom stereocenters. The highest BCUT2D eigenvalue weighted by atomic mass is 79.9. The van der Waals surface area contributed by atoms with Gasteiger partial charge in [0.25, 0.3) is 0 Å². The number of carbonyl (C=O) groups is 1. The summed E-state index contributed by atoms with van der Waals surface area (Å²) in [7, 11) is 1.63. The molecule has 0 bridgehead atoms. The molecule has 0 aliphatic heterocycles. The van der Waals surface area contributed by atoms with Crippen LogP contribution in [0.5, 0.6) is 5.75 Å². The van der Waals surface area contributed by atoms with Gasteiger partial charge >= 0.3 is 0 Å². The number of hydrogen-bond acceptors (Lipinski definition) is 2. The minimum atomic E-state index is 0.0483. The van der Waals surface area contributed by atoms with Gasteiger partial charge in [0.05, 0.1) is 12.1 Å². The van der Waals surface area contributed by atoms with Crippen LogP contribution in [0.4, 0.5) is 0 Å². The number of hydrogen-bond donors (Lipinski definition) is 0. The summed E-state index contributed by atoms with van der Waals surface area (Å²) in [6.45, 7) is 0. The van der Waals surface area contributed by atoms with Gasteiger partial charge in [-0.3, -0.25) is 4.79 Å². The summed E-state index contributed by atoms with van der Waals surface area (Å²) in [6, 6.07) is 13.1. The molecule has 2 nitrogen and oxygen atoms in total. The van der Waals surface area contributed by atoms with Crippen molar-refractivity contribution in [1.29, 1.82) is 0 Å². The second kappa shape index (κ2) is 6.91. The van der Waals surface area contributed by atoms with Crippen molar-refractivity contribution in [2.45, 2.75) is 12.8 Å². The topological polar surface area (TPSA) is 26.3 Å². The molecule has 4 heteroatoms. The third kappa shape index (κ3) is 3.62. The number of Topliss-reactive ketones (excluding diaryl/α,β-unsaturated/α-hetero) is 1. The largest absolute Gasteiger partial charge is 0.497 e. The lowest BCUT2D eigenvalue weighted by Gasteiger charge is -2.06. The standard InChI is InChI=1S/C16H14BrClO2/c1-20-12-8-5-11(6-9-12)7-10-15(19)13-3-2-4-14(17)16(13)18/h2-6,8-9H,7,10H2,1H3. The van der Waals surface area contributed by atoms with E-state index < -0.39 is 0 Å². The van der Waals surface area contributed by atoms with Gasteiger partial charge in [-0.2, -0.15) is 0 Å². The van der Waals surface area contributed by atoms with Gasteiger partial charge in [-0.05, 0) is 52.2 Å². The van der Waals surface area contributed by atoms with Crippen molar-refractivity contribution in [3.05, 3.63) is 63.1 Å². The van der Waals surface area contributed by atoms with Crippen molar-refractivity contribution in [1.82, 2.24) is 0 Å². The number of methoxy groups -OCH3 is 1. The molecule has 104 valence electrons. The Hall–Kier alpha value is -1.32. The molecular formula is C16H14BrClO2. The zero-order valence-corrected chi connectivity index (χ0v) is 13.4. The van der Waals surface area contributed by atoms with Gasteiger partial charge in [-0.25, -0.2) is 0 Å². The van der Waals surface area contributed by atoms with Crippen LogP contribution < -0.4 is 4.74 Å². The van der Waals surface area contributed by atoms with Crippen LogP contribution in [0.1, 0.15) is 22.3 Å². The predicted octanol–water partition coefficient (Wildman–Crippen LogP) is 4.93. The van der Waals surface area contributed by atoms with Crippen molar-refractivity contribution in [3.8, 4) is 5.75 Å². The van der Waals surface area contributed by atoms with Gasteiger partial charge in [0.2, 0.25) is 0 Å². The molecule has 0 amide bonds. The van der Waals surface area contributed by atoms with Gasteiger partial charge in [-0.1, -0.05) is 29.8 Å². The van der Waals surface area contributed by atoms with Gasteiger partial charge < -0.3 is 4.74 Å². The van der Waals surface area contributed by atoms with Crippen molar-refractivity contribution in [3.63, 3.8) is 0 Å². The summed E-state index contributed by atoms with van der Waals surface area (Å²) in [5.74, 6) is 0.863. The fraction of sp³-hybridized carbons (Fsp3) is 0.188. The minimum Gasteiger partial charge on any atom is -0.497 e. The van der Waals surface area contributed by atoms with E-state index in [4.69, 9.17) is 16.3 Å². The van der Waals surface area contributed by atoms with E-state index in [2.05, 4.69) is 15.9 Å². The molecule has 0 spiro atoms. The molecule has 2 aromatic carbocycles. The first kappa shape index (κ1) is 15.1. The average Bonchev–Trinajstić information content (AvgIpc) is 2.48. The van der Waals surface area contributed by atoms with E-state index in [0.29, 0.717) is 23.4 Å². The quantitative estimate of drug-likeness (QED) is 0.713. The molecule has 0 N–H and O–H groups in total. The van der Waals surface area contributed by atoms with Gasteiger partial charge in [0.15, 0.2) is 5.78 Å². The lowest BCUT2D eigenvalue weighted by Crippen LogP contribution is -2.02. The van der Waals surface area contributed by atoms with Gasteiger partial charge in [0.1, 0.15) is 5.75 Å². The molecular weight excluding hydrogens is 340 g/mol. The zero-order chi connectivity index (χ0) is 14.5. The molecule has 0 radical (unpaired) electrons. The van der Waals surface area contributed by atoms with Crippen LogP contribution in [0, 0.1) is 0 Å². The van der Waals surface area contributed by atoms with Crippen molar-refractivity contribution in [2.75, 3.05) is 7.11 Å². The van der Waals surface area contributed by atoms with E-state index in [1.54, 1.807) is 13.2 Å². The Morgan fingerprint density at radius 2 is 1.90 bits per heavy atom. The van der Waals surface area contributed by atoms with Gasteiger partial charge in [-0.15, -0.1) is 0 Å². The Kier molecular flexibility index (Phi) is 5.21. The maximum Gasteiger partial charge on any atom is 0.164 e. The van der Waals surface area contributed by atoms with E-state index in [1.807, 2.05) is 36.4 Å². The zero-order valence-electron chi connectivity index (χ0n) is 11.0. The Morgan fingerprint density at radius 3 is 2.55 bits per heavy atom. The predicted molar refractivity (Wildman–Crippen MR) is 84.8 cm³/mol. The van der Waals surface area contributed by atoms with Crippen LogP contribution in [0.15, 0.2) is 46.9 Å². The summed E-state index contributed by atoms with van der Waals surface area (Å²) < 4.78 is 5.85. The number of ether oxygens (including phenoxy) is 1. The molecule has 0 saturated carbocycles. The number of halogens is 2. The molecule has 0 heterocycles. The Bertz CT molecular complexity index is 608. The fourth-order valence-electron chi connectivity index (χ4n) is 1.90. The first-order valence-electron chi connectivity index (χ1n) is 6.22. The normalized spacial score (nSPS) is 10.3. The Morgan fingerprint density at radius 1 is 1.20 bits per heavy atom. The molecule has 0 aromatic heterocycles. The van der Waals surface area contributed by atoms with E-state index in [0.717, 1.165) is 15.8 Å². The number of rotatable bonds is 5. The molecule has 2 rings (SSSR count). The SMILES string of the molecule is COc1ccc(CCC(=O)c2cccc(Br)c2Cl)cc1. The lowest BCUT2D eigenvalue weighted by atomic mass is 10.0. The molecule has 20 heavy (non-hydrogen) atoms. The van der Waals surface area contributed by atoms with Crippen LogP contribution in [0.25, 0.3) is 0 Å². The maximum absolute atomic E-state index is 12.2. The van der Waals surface area contributed by atoms with E-state index in [1.165, 1.54) is 0 Å². The Balaban J connectivity index is 2.02. The third-order valence-electron chi connectivity index (χ3n) is 3.05. The maximum atomic E-state index is 12.2. The second-order valence-electron chi connectivity index (χ2n) is 4.37. The van der Waals surface area contributed by atoms with Crippen molar-refractivity contribution >= 4 is 33.3 Å². The molecule has 0 aliphatic rings. The highest BCUT2D eigenvalue weighted by Crippen LogP contribution is 2.27. The molecule has 0 fully saturated rings. The van der Waals surface area contributed by atoms with Crippen molar-refractivity contribution in [2.24, 2.45) is 0 Å². The van der Waals surface area contributed by atoms with Gasteiger partial charge in [0, 0.05) is 16.5 Å². The van der Waals surface area contributed by atoms with Crippen LogP contribution in [-0.4, -0.2) is 12.9 Å². The number of benzene rings is 2. The number of ketones is 1. The second-order valence-corrected chi connectivity index (χ2v) is 5.60. The number of aryl methyl sites for hydroxylation is 1. The molecule has 0 saturated heterocycles. The van der Waals surface area contributed by atoms with E-state index >= 15 is 0 Å². The Labute approximate surface area is 131 Å². The van der Waals surface area contributed by atoms with Crippen molar-refractivity contribution < 1.29 is 9.53 Å². The van der Waals surface area contributed by atoms with Crippen LogP contribution in [0.2, 0.25) is 5.02 Å². The fourth-order valence-corrected chi connectivity index (χ4v) is 2.50. The average molecular weight is 354 g/mol. The highest BCUT2D eigenvalue weighted by Gasteiger charge is 2.12. The first-order valence-corrected chi connectivity index (χ1v) is 7.39. The highest BCUT2D eigenvalue weighted by molar-refractivity contribution is 9.10.